The summed E-state index contributed by atoms with van der Waals surface area (Å²) in [4.78, 5) is 0. The van der Waals surface area contributed by atoms with Crippen molar-refractivity contribution in [3.8, 4) is 17.6 Å². The van der Waals surface area contributed by atoms with Gasteiger partial charge in [0.05, 0.1) is 23.8 Å². The maximum atomic E-state index is 8.90. The molecule has 2 rings (SSSR count). The fraction of sp³-hybridized carbons (Fsp3) is 0.118. The topological polar surface area (TPSA) is 42.2 Å². The summed E-state index contributed by atoms with van der Waals surface area (Å²) < 4.78 is 10.8. The molecule has 0 unspecified atom stereocenters. The molecule has 3 nitrogen and oxygen atoms in total. The molecule has 0 bridgehead atoms. The highest BCUT2D eigenvalue weighted by Crippen LogP contribution is 2.36. The first kappa shape index (κ1) is 15.0. The van der Waals surface area contributed by atoms with Crippen LogP contribution in [0.25, 0.3) is 6.08 Å². The number of methoxy groups -OCH3 is 1. The number of benzene rings is 2. The Labute approximate surface area is 129 Å². The second-order valence-electron chi connectivity index (χ2n) is 4.23. The molecule has 0 amide bonds. The summed E-state index contributed by atoms with van der Waals surface area (Å²) in [6.07, 6.45) is 3.85. The molecule has 0 saturated carbocycles. The Balaban J connectivity index is 2.07. The third-order valence-corrected chi connectivity index (χ3v) is 3.07. The lowest BCUT2D eigenvalue weighted by molar-refractivity contribution is 0.327. The van der Waals surface area contributed by atoms with Crippen LogP contribution in [-0.4, -0.2) is 13.7 Å². The predicted molar refractivity (Wildman–Crippen MR) is 83.7 cm³/mol. The normalized spacial score (nSPS) is 10.3. The molecule has 106 valence electrons. The number of hydrogen-bond acceptors (Lipinski definition) is 3. The molecule has 2 aromatic rings. The maximum Gasteiger partial charge on any atom is 0.180 e. The summed E-state index contributed by atoms with van der Waals surface area (Å²) in [6.45, 7) is 0.358. The fourth-order valence-electron chi connectivity index (χ4n) is 1.80. The van der Waals surface area contributed by atoms with Gasteiger partial charge in [-0.15, -0.1) is 0 Å². The van der Waals surface area contributed by atoms with Crippen molar-refractivity contribution >= 4 is 17.7 Å². The van der Waals surface area contributed by atoms with Gasteiger partial charge in [-0.2, -0.15) is 5.26 Å². The summed E-state index contributed by atoms with van der Waals surface area (Å²) >= 11 is 6.11. The minimum atomic E-state index is 0.358. The average Bonchev–Trinajstić information content (AvgIpc) is 2.53. The molecule has 0 aliphatic carbocycles. The number of ether oxygens (including phenoxy) is 2. The van der Waals surface area contributed by atoms with Gasteiger partial charge in [-0.25, -0.2) is 0 Å². The van der Waals surface area contributed by atoms with Gasteiger partial charge in [-0.3, -0.25) is 0 Å². The quantitative estimate of drug-likeness (QED) is 0.826. The zero-order valence-electron chi connectivity index (χ0n) is 11.5. The van der Waals surface area contributed by atoms with Crippen LogP contribution in [0.15, 0.2) is 48.5 Å². The van der Waals surface area contributed by atoms with Crippen molar-refractivity contribution in [2.45, 2.75) is 0 Å². The first-order chi connectivity index (χ1) is 10.2. The first-order valence-electron chi connectivity index (χ1n) is 6.36. The zero-order chi connectivity index (χ0) is 15.1. The van der Waals surface area contributed by atoms with Crippen molar-refractivity contribution < 1.29 is 9.47 Å². The first-order valence-corrected chi connectivity index (χ1v) is 6.74. The van der Waals surface area contributed by atoms with Crippen molar-refractivity contribution in [2.75, 3.05) is 13.7 Å². The molecule has 2 aromatic carbocycles. The van der Waals surface area contributed by atoms with E-state index in [4.69, 9.17) is 26.3 Å². The lowest BCUT2D eigenvalue weighted by Gasteiger charge is -2.11. The second kappa shape index (κ2) is 7.37. The molecule has 0 aliphatic heterocycles. The molecule has 0 fully saturated rings. The minimum Gasteiger partial charge on any atom is -0.493 e. The molecule has 21 heavy (non-hydrogen) atoms. The van der Waals surface area contributed by atoms with E-state index in [0.717, 1.165) is 5.56 Å². The Bertz CT molecular complexity index is 675. The van der Waals surface area contributed by atoms with Gasteiger partial charge in [0, 0.05) is 6.07 Å². The van der Waals surface area contributed by atoms with Crippen LogP contribution >= 0.6 is 11.6 Å². The molecule has 0 heterocycles. The average molecular weight is 300 g/mol. The van der Waals surface area contributed by atoms with Crippen molar-refractivity contribution in [3.63, 3.8) is 0 Å². The maximum absolute atomic E-state index is 8.90. The highest BCUT2D eigenvalue weighted by molar-refractivity contribution is 6.32. The van der Waals surface area contributed by atoms with Crippen LogP contribution in [0.2, 0.25) is 5.02 Å². The van der Waals surface area contributed by atoms with Gasteiger partial charge in [0.1, 0.15) is 6.61 Å². The standard InChI is InChI=1S/C17H14ClNO2/c1-20-16-11-14(12-19)10-15(18)17(16)21-9-5-8-13-6-3-2-4-7-13/h2-8,10-11H,9H2,1H3/b8-5+. The minimum absolute atomic E-state index is 0.358. The van der Waals surface area contributed by atoms with Crippen LogP contribution in [-0.2, 0) is 0 Å². The van der Waals surface area contributed by atoms with Crippen molar-refractivity contribution in [2.24, 2.45) is 0 Å². The van der Waals surface area contributed by atoms with Crippen LogP contribution in [0.4, 0.5) is 0 Å². The van der Waals surface area contributed by atoms with E-state index < -0.39 is 0 Å². The van der Waals surface area contributed by atoms with Gasteiger partial charge in [0.2, 0.25) is 0 Å². The summed E-state index contributed by atoms with van der Waals surface area (Å²) in [5, 5.41) is 9.26. The Kier molecular flexibility index (Phi) is 5.25. The lowest BCUT2D eigenvalue weighted by atomic mass is 10.2. The SMILES string of the molecule is COc1cc(C#N)cc(Cl)c1OC/C=C/c1ccccc1. The summed E-state index contributed by atoms with van der Waals surface area (Å²) in [5.41, 5.74) is 1.53. The molecule has 0 atom stereocenters. The van der Waals surface area contributed by atoms with Gasteiger partial charge in [0.25, 0.3) is 0 Å². The van der Waals surface area contributed by atoms with Crippen molar-refractivity contribution in [3.05, 3.63) is 64.7 Å². The van der Waals surface area contributed by atoms with Crippen LogP contribution in [0.3, 0.4) is 0 Å². The number of rotatable bonds is 5. The highest BCUT2D eigenvalue weighted by atomic mass is 35.5. The van der Waals surface area contributed by atoms with Crippen LogP contribution in [0.1, 0.15) is 11.1 Å². The zero-order valence-corrected chi connectivity index (χ0v) is 12.3. The van der Waals surface area contributed by atoms with E-state index >= 15 is 0 Å². The second-order valence-corrected chi connectivity index (χ2v) is 4.63. The predicted octanol–water partition coefficient (Wildman–Crippen LogP) is 4.31. The molecular formula is C17H14ClNO2. The van der Waals surface area contributed by atoms with Crippen LogP contribution in [0, 0.1) is 11.3 Å². The number of nitrogens with zero attached hydrogens (tertiary/aromatic N) is 1. The Morgan fingerprint density at radius 1 is 1.24 bits per heavy atom. The van der Waals surface area contributed by atoms with Gasteiger partial charge in [-0.1, -0.05) is 48.0 Å². The lowest BCUT2D eigenvalue weighted by Crippen LogP contribution is -1.98. The summed E-state index contributed by atoms with van der Waals surface area (Å²) in [7, 11) is 1.51. The number of halogens is 1. The largest absolute Gasteiger partial charge is 0.493 e. The van der Waals surface area contributed by atoms with E-state index in [1.165, 1.54) is 7.11 Å². The van der Waals surface area contributed by atoms with Gasteiger partial charge in [-0.05, 0) is 17.7 Å². The number of hydrogen-bond donors (Lipinski definition) is 0. The molecule has 0 spiro atoms. The van der Waals surface area contributed by atoms with E-state index in [9.17, 15) is 0 Å². The Hall–Kier alpha value is -2.44. The third kappa shape index (κ3) is 4.01. The van der Waals surface area contributed by atoms with Crippen LogP contribution < -0.4 is 9.47 Å². The van der Waals surface area contributed by atoms with Crippen LogP contribution in [0.5, 0.6) is 11.5 Å². The summed E-state index contributed by atoms with van der Waals surface area (Å²) in [6, 6.07) is 15.1. The number of nitriles is 1. The highest BCUT2D eigenvalue weighted by Gasteiger charge is 2.11. The van der Waals surface area contributed by atoms with Gasteiger partial charge in [0.15, 0.2) is 11.5 Å². The molecule has 0 aliphatic rings. The Morgan fingerprint density at radius 3 is 2.67 bits per heavy atom. The molecule has 0 radical (unpaired) electrons. The molecular weight excluding hydrogens is 286 g/mol. The summed E-state index contributed by atoms with van der Waals surface area (Å²) in [5.74, 6) is 0.892. The Morgan fingerprint density at radius 2 is 2.00 bits per heavy atom. The fourth-order valence-corrected chi connectivity index (χ4v) is 2.07. The van der Waals surface area contributed by atoms with Crippen molar-refractivity contribution in [1.82, 2.24) is 0 Å². The molecule has 0 saturated heterocycles. The third-order valence-electron chi connectivity index (χ3n) is 2.79. The van der Waals surface area contributed by atoms with Gasteiger partial charge >= 0.3 is 0 Å². The smallest absolute Gasteiger partial charge is 0.180 e. The van der Waals surface area contributed by atoms with E-state index in [2.05, 4.69) is 0 Å². The monoisotopic (exact) mass is 299 g/mol. The van der Waals surface area contributed by atoms with Crippen molar-refractivity contribution in [1.29, 1.82) is 5.26 Å². The molecule has 0 aromatic heterocycles. The molecule has 4 heteroatoms. The van der Waals surface area contributed by atoms with E-state index in [1.807, 2.05) is 48.6 Å². The van der Waals surface area contributed by atoms with E-state index in [0.29, 0.717) is 28.7 Å². The van der Waals surface area contributed by atoms with E-state index in [1.54, 1.807) is 12.1 Å². The van der Waals surface area contributed by atoms with Gasteiger partial charge < -0.3 is 9.47 Å². The molecule has 0 N–H and O–H groups in total. The van der Waals surface area contributed by atoms with E-state index in [-0.39, 0.29) is 0 Å².